The molecule has 1 aromatic heterocycles. The van der Waals surface area contributed by atoms with E-state index in [2.05, 4.69) is 5.32 Å². The molecule has 1 aromatic carbocycles. The van der Waals surface area contributed by atoms with Crippen molar-refractivity contribution in [2.24, 2.45) is 0 Å². The highest BCUT2D eigenvalue weighted by molar-refractivity contribution is 7.15. The number of phenolic OH excluding ortho intramolecular Hbond substituents is 1. The molecule has 0 aliphatic heterocycles. The maximum Gasteiger partial charge on any atom is 0.324 e. The van der Waals surface area contributed by atoms with Crippen LogP contribution in [0, 0.1) is 17.0 Å². The van der Waals surface area contributed by atoms with Crippen molar-refractivity contribution in [3.05, 3.63) is 50.9 Å². The molecule has 0 aliphatic rings. The monoisotopic (exact) mass is 264 g/mol. The highest BCUT2D eigenvalue weighted by Gasteiger charge is 2.09. The first-order chi connectivity index (χ1) is 8.56. The highest BCUT2D eigenvalue weighted by Crippen LogP contribution is 2.26. The molecule has 0 atom stereocenters. The molecule has 0 radical (unpaired) electrons. The minimum Gasteiger partial charge on any atom is -0.508 e. The van der Waals surface area contributed by atoms with Gasteiger partial charge >= 0.3 is 5.00 Å². The second-order valence-corrected chi connectivity index (χ2v) is 5.00. The van der Waals surface area contributed by atoms with Crippen LogP contribution in [0.4, 0.5) is 10.7 Å². The summed E-state index contributed by atoms with van der Waals surface area (Å²) < 4.78 is 0. The van der Waals surface area contributed by atoms with Crippen molar-refractivity contribution in [1.29, 1.82) is 0 Å². The van der Waals surface area contributed by atoms with Gasteiger partial charge in [-0.3, -0.25) is 10.1 Å². The van der Waals surface area contributed by atoms with E-state index in [9.17, 15) is 15.2 Å². The fourth-order valence-electron chi connectivity index (χ4n) is 1.59. The first-order valence-electron chi connectivity index (χ1n) is 5.33. The highest BCUT2D eigenvalue weighted by atomic mass is 32.1. The lowest BCUT2D eigenvalue weighted by Gasteiger charge is -2.08. The smallest absolute Gasteiger partial charge is 0.324 e. The zero-order chi connectivity index (χ0) is 13.1. The maximum atomic E-state index is 10.5. The predicted octanol–water partition coefficient (Wildman–Crippen LogP) is 3.28. The van der Waals surface area contributed by atoms with Crippen LogP contribution in [0.2, 0.25) is 0 Å². The summed E-state index contributed by atoms with van der Waals surface area (Å²) in [6, 6.07) is 8.30. The third-order valence-electron chi connectivity index (χ3n) is 2.49. The van der Waals surface area contributed by atoms with Gasteiger partial charge in [-0.15, -0.1) is 0 Å². The molecular formula is C12H12N2O3S. The number of phenols is 1. The summed E-state index contributed by atoms with van der Waals surface area (Å²) in [5.74, 6) is 0.227. The Kier molecular flexibility index (Phi) is 3.47. The maximum absolute atomic E-state index is 10.5. The summed E-state index contributed by atoms with van der Waals surface area (Å²) in [6.45, 7) is 2.42. The first kappa shape index (κ1) is 12.4. The lowest BCUT2D eigenvalue weighted by Crippen LogP contribution is -1.98. The third-order valence-corrected chi connectivity index (χ3v) is 3.53. The van der Waals surface area contributed by atoms with Gasteiger partial charge in [-0.2, -0.15) is 0 Å². The number of anilines is 1. The normalized spacial score (nSPS) is 10.3. The van der Waals surface area contributed by atoms with Crippen LogP contribution in [-0.2, 0) is 6.54 Å². The average Bonchev–Trinajstić information content (AvgIpc) is 2.76. The number of nitrogens with zero attached hydrogens (tertiary/aromatic N) is 1. The van der Waals surface area contributed by atoms with Gasteiger partial charge in [0.25, 0.3) is 0 Å². The molecule has 0 fully saturated rings. The van der Waals surface area contributed by atoms with Crippen molar-refractivity contribution in [1.82, 2.24) is 0 Å². The number of hydrogen-bond donors (Lipinski definition) is 2. The second-order valence-electron chi connectivity index (χ2n) is 3.85. The van der Waals surface area contributed by atoms with Gasteiger partial charge in [0.15, 0.2) is 0 Å². The van der Waals surface area contributed by atoms with Crippen molar-refractivity contribution in [3.63, 3.8) is 0 Å². The molecule has 5 nitrogen and oxygen atoms in total. The van der Waals surface area contributed by atoms with Gasteiger partial charge in [0.05, 0.1) is 4.92 Å². The fourth-order valence-corrected chi connectivity index (χ4v) is 2.35. The van der Waals surface area contributed by atoms with Crippen LogP contribution in [0.5, 0.6) is 5.75 Å². The molecule has 2 aromatic rings. The Hall–Kier alpha value is -2.08. The van der Waals surface area contributed by atoms with Crippen LogP contribution in [0.3, 0.4) is 0 Å². The Morgan fingerprint density at radius 1 is 1.39 bits per heavy atom. The van der Waals surface area contributed by atoms with Crippen molar-refractivity contribution in [2.45, 2.75) is 13.5 Å². The summed E-state index contributed by atoms with van der Waals surface area (Å²) >= 11 is 1.16. The van der Waals surface area contributed by atoms with Crippen LogP contribution >= 0.6 is 11.3 Å². The molecule has 0 saturated heterocycles. The van der Waals surface area contributed by atoms with Crippen LogP contribution < -0.4 is 5.32 Å². The van der Waals surface area contributed by atoms with Crippen molar-refractivity contribution < 1.29 is 10.0 Å². The van der Waals surface area contributed by atoms with Crippen LogP contribution in [-0.4, -0.2) is 10.0 Å². The average molecular weight is 264 g/mol. The van der Waals surface area contributed by atoms with Gasteiger partial charge in [0, 0.05) is 23.2 Å². The molecule has 0 unspecified atom stereocenters. The first-order valence-corrected chi connectivity index (χ1v) is 6.14. The summed E-state index contributed by atoms with van der Waals surface area (Å²) in [6.07, 6.45) is 0. The summed E-state index contributed by atoms with van der Waals surface area (Å²) in [4.78, 5) is 11.1. The van der Waals surface area contributed by atoms with E-state index in [1.807, 2.05) is 6.92 Å². The quantitative estimate of drug-likeness (QED) is 0.505. The van der Waals surface area contributed by atoms with Gasteiger partial charge in [0.1, 0.15) is 5.75 Å². The van der Waals surface area contributed by atoms with E-state index >= 15 is 0 Å². The molecule has 0 aliphatic carbocycles. The van der Waals surface area contributed by atoms with Gasteiger partial charge in [0.2, 0.25) is 0 Å². The second kappa shape index (κ2) is 5.05. The lowest BCUT2D eigenvalue weighted by atomic mass is 10.2. The van der Waals surface area contributed by atoms with Crippen molar-refractivity contribution in [2.75, 3.05) is 5.32 Å². The molecule has 0 amide bonds. The molecule has 94 valence electrons. The Balaban J connectivity index is 2.04. The minimum absolute atomic E-state index is 0.147. The van der Waals surface area contributed by atoms with Crippen molar-refractivity contribution >= 4 is 22.0 Å². The molecular weight excluding hydrogens is 252 g/mol. The molecule has 0 saturated carbocycles. The van der Waals surface area contributed by atoms with E-state index < -0.39 is 0 Å². The van der Waals surface area contributed by atoms with Crippen LogP contribution in [0.15, 0.2) is 30.3 Å². The SMILES string of the molecule is Cc1cc(O)ccc1NCc1ccc([N+](=O)[O-])s1. The Bertz CT molecular complexity index is 580. The van der Waals surface area contributed by atoms with Gasteiger partial charge < -0.3 is 10.4 Å². The summed E-state index contributed by atoms with van der Waals surface area (Å²) in [7, 11) is 0. The third kappa shape index (κ3) is 2.78. The van der Waals surface area contributed by atoms with Crippen molar-refractivity contribution in [3.8, 4) is 5.75 Å². The van der Waals surface area contributed by atoms with Crippen LogP contribution in [0.1, 0.15) is 10.4 Å². The van der Waals surface area contributed by atoms with Gasteiger partial charge in [-0.1, -0.05) is 11.3 Å². The zero-order valence-corrected chi connectivity index (χ0v) is 10.5. The fraction of sp³-hybridized carbons (Fsp3) is 0.167. The number of nitrogens with one attached hydrogen (secondary N) is 1. The number of rotatable bonds is 4. The molecule has 6 heteroatoms. The van der Waals surface area contributed by atoms with E-state index in [-0.39, 0.29) is 15.7 Å². The number of nitro groups is 1. The molecule has 18 heavy (non-hydrogen) atoms. The topological polar surface area (TPSA) is 75.4 Å². The largest absolute Gasteiger partial charge is 0.508 e. The predicted molar refractivity (Wildman–Crippen MR) is 71.1 cm³/mol. The minimum atomic E-state index is -0.389. The molecule has 0 bridgehead atoms. The van der Waals surface area contributed by atoms with E-state index in [4.69, 9.17) is 0 Å². The summed E-state index contributed by atoms with van der Waals surface area (Å²) in [5.41, 5.74) is 1.84. The van der Waals surface area contributed by atoms with Crippen LogP contribution in [0.25, 0.3) is 0 Å². The van der Waals surface area contributed by atoms with E-state index in [0.717, 1.165) is 27.5 Å². The number of benzene rings is 1. The standard InChI is InChI=1S/C12H12N2O3S/c1-8-6-9(15)2-4-11(8)13-7-10-3-5-12(18-10)14(16)17/h2-6,13,15H,7H2,1H3. The number of aryl methyl sites for hydroxylation is 1. The molecule has 0 spiro atoms. The summed E-state index contributed by atoms with van der Waals surface area (Å²) in [5, 5.41) is 23.2. The molecule has 2 rings (SSSR count). The number of thiophene rings is 1. The number of aromatic hydroxyl groups is 1. The van der Waals surface area contributed by atoms with Gasteiger partial charge in [-0.05, 0) is 36.8 Å². The Morgan fingerprint density at radius 3 is 2.78 bits per heavy atom. The molecule has 1 heterocycles. The van der Waals surface area contributed by atoms with Gasteiger partial charge in [-0.25, -0.2) is 0 Å². The zero-order valence-electron chi connectivity index (χ0n) is 9.71. The molecule has 2 N–H and O–H groups in total. The van der Waals surface area contributed by atoms with E-state index in [0.29, 0.717) is 6.54 Å². The van der Waals surface area contributed by atoms with E-state index in [1.54, 1.807) is 24.3 Å². The Morgan fingerprint density at radius 2 is 2.17 bits per heavy atom. The lowest BCUT2D eigenvalue weighted by molar-refractivity contribution is -0.380. The Labute approximate surface area is 108 Å². The number of hydrogen-bond acceptors (Lipinski definition) is 5. The van der Waals surface area contributed by atoms with E-state index in [1.165, 1.54) is 6.07 Å².